The number of rotatable bonds is 2. The van der Waals surface area contributed by atoms with Crippen LogP contribution in [0.15, 0.2) is 12.5 Å². The van der Waals surface area contributed by atoms with Gasteiger partial charge in [-0.25, -0.2) is 4.98 Å². The average Bonchev–Trinajstić information content (AvgIpc) is 2.90. The van der Waals surface area contributed by atoms with Gasteiger partial charge in [0.05, 0.1) is 6.33 Å². The van der Waals surface area contributed by atoms with E-state index in [2.05, 4.69) is 14.9 Å². The average molecular weight is 267 g/mol. The lowest BCUT2D eigenvalue weighted by molar-refractivity contribution is 0.400. The third-order valence-electron chi connectivity index (χ3n) is 4.16. The molecule has 1 aromatic rings. The molecule has 0 bridgehead atoms. The van der Waals surface area contributed by atoms with Crippen LogP contribution in [0.3, 0.4) is 0 Å². The second-order valence-corrected chi connectivity index (χ2v) is 7.04. The fourth-order valence-corrected chi connectivity index (χ4v) is 4.37. The Kier molecular flexibility index (Phi) is 3.80. The van der Waals surface area contributed by atoms with E-state index in [-0.39, 0.29) is 0 Å². The minimum Gasteiger partial charge on any atom is -0.331 e. The summed E-state index contributed by atoms with van der Waals surface area (Å²) in [5.74, 6) is 2.31. The first kappa shape index (κ1) is 12.4. The van der Waals surface area contributed by atoms with Gasteiger partial charge in [-0.15, -0.1) is 0 Å². The van der Waals surface area contributed by atoms with E-state index in [9.17, 15) is 4.21 Å². The van der Waals surface area contributed by atoms with E-state index < -0.39 is 10.8 Å². The highest BCUT2D eigenvalue weighted by atomic mass is 32.2. The number of hydrogen-bond acceptors (Lipinski definition) is 3. The first-order valence-electron chi connectivity index (χ1n) is 6.92. The zero-order chi connectivity index (χ0) is 12.4. The Morgan fingerprint density at radius 3 is 2.89 bits per heavy atom. The summed E-state index contributed by atoms with van der Waals surface area (Å²) in [6.45, 7) is 2.22. The monoisotopic (exact) mass is 267 g/mol. The van der Waals surface area contributed by atoms with Crippen molar-refractivity contribution in [2.75, 3.05) is 24.6 Å². The molecule has 4 nitrogen and oxygen atoms in total. The van der Waals surface area contributed by atoms with Crippen molar-refractivity contribution in [3.63, 3.8) is 0 Å². The third kappa shape index (κ3) is 2.52. The van der Waals surface area contributed by atoms with Gasteiger partial charge in [-0.1, -0.05) is 0 Å². The molecule has 1 atom stereocenters. The van der Waals surface area contributed by atoms with Crippen LogP contribution in [0, 0.1) is 0 Å². The Labute approximate surface area is 111 Å². The summed E-state index contributed by atoms with van der Waals surface area (Å²) >= 11 is 0. The maximum atomic E-state index is 11.4. The highest BCUT2D eigenvalue weighted by Crippen LogP contribution is 2.29. The molecule has 0 saturated carbocycles. The van der Waals surface area contributed by atoms with Crippen molar-refractivity contribution >= 4 is 10.8 Å². The Hall–Kier alpha value is -0.680. The van der Waals surface area contributed by atoms with Crippen molar-refractivity contribution in [1.82, 2.24) is 14.9 Å². The second kappa shape index (κ2) is 5.53. The summed E-state index contributed by atoms with van der Waals surface area (Å²) in [4.78, 5) is 4.35. The summed E-state index contributed by atoms with van der Waals surface area (Å²) in [7, 11) is -0.580. The Morgan fingerprint density at radius 1 is 1.33 bits per heavy atom. The minimum absolute atomic E-state index is 0.516. The molecule has 3 rings (SSSR count). The number of aromatic nitrogens is 2. The summed E-state index contributed by atoms with van der Waals surface area (Å²) < 4.78 is 13.8. The first-order chi connectivity index (χ1) is 8.84. The lowest BCUT2D eigenvalue weighted by Gasteiger charge is -2.29. The highest BCUT2D eigenvalue weighted by Gasteiger charge is 2.25. The van der Waals surface area contributed by atoms with E-state index in [0.717, 1.165) is 37.4 Å². The SMILES string of the molecule is O=S1CCC(n2cncc2C2CCCNC2)CC1. The van der Waals surface area contributed by atoms with Gasteiger partial charge in [0.25, 0.3) is 0 Å². The van der Waals surface area contributed by atoms with Crippen molar-refractivity contribution in [3.8, 4) is 0 Å². The fourth-order valence-electron chi connectivity index (χ4n) is 3.10. The Morgan fingerprint density at radius 2 is 2.17 bits per heavy atom. The largest absolute Gasteiger partial charge is 0.331 e. The normalized spacial score (nSPS) is 33.4. The maximum absolute atomic E-state index is 11.4. The zero-order valence-electron chi connectivity index (χ0n) is 10.7. The molecule has 0 aliphatic carbocycles. The first-order valence-corrected chi connectivity index (χ1v) is 8.41. The Bertz CT molecular complexity index is 416. The number of piperidine rings is 1. The Balaban J connectivity index is 1.76. The standard InChI is InChI=1S/C13H21N3OS/c17-18-6-3-12(4-7-18)16-10-15-9-13(16)11-2-1-5-14-8-11/h9-12,14H,1-8H2. The highest BCUT2D eigenvalue weighted by molar-refractivity contribution is 7.85. The topological polar surface area (TPSA) is 46.9 Å². The molecule has 2 fully saturated rings. The van der Waals surface area contributed by atoms with Crippen molar-refractivity contribution < 1.29 is 4.21 Å². The molecule has 0 aromatic carbocycles. The molecule has 1 N–H and O–H groups in total. The minimum atomic E-state index is -0.580. The van der Waals surface area contributed by atoms with Crippen molar-refractivity contribution in [2.24, 2.45) is 0 Å². The zero-order valence-corrected chi connectivity index (χ0v) is 11.5. The van der Waals surface area contributed by atoms with Crippen LogP contribution in [-0.4, -0.2) is 38.4 Å². The molecule has 5 heteroatoms. The molecule has 3 heterocycles. The van der Waals surface area contributed by atoms with Gasteiger partial charge in [0.15, 0.2) is 0 Å². The van der Waals surface area contributed by atoms with Gasteiger partial charge < -0.3 is 9.88 Å². The molecular weight excluding hydrogens is 246 g/mol. The van der Waals surface area contributed by atoms with Crippen LogP contribution in [0.25, 0.3) is 0 Å². The number of nitrogens with zero attached hydrogens (tertiary/aromatic N) is 2. The van der Waals surface area contributed by atoms with Crippen LogP contribution >= 0.6 is 0 Å². The molecule has 0 spiro atoms. The van der Waals surface area contributed by atoms with E-state index in [1.54, 1.807) is 0 Å². The molecule has 1 aromatic heterocycles. The lowest BCUT2D eigenvalue weighted by atomic mass is 9.96. The molecule has 0 radical (unpaired) electrons. The van der Waals surface area contributed by atoms with Crippen LogP contribution in [0.2, 0.25) is 0 Å². The molecule has 100 valence electrons. The quantitative estimate of drug-likeness (QED) is 0.882. The summed E-state index contributed by atoms with van der Waals surface area (Å²) in [5.41, 5.74) is 1.37. The molecule has 2 saturated heterocycles. The van der Waals surface area contributed by atoms with Gasteiger partial charge in [0, 0.05) is 52.7 Å². The van der Waals surface area contributed by atoms with Crippen LogP contribution in [0.5, 0.6) is 0 Å². The lowest BCUT2D eigenvalue weighted by Crippen LogP contribution is -2.31. The third-order valence-corrected chi connectivity index (χ3v) is 5.54. The van der Waals surface area contributed by atoms with Crippen molar-refractivity contribution in [3.05, 3.63) is 18.2 Å². The smallest absolute Gasteiger partial charge is 0.0950 e. The molecule has 0 amide bonds. The number of hydrogen-bond donors (Lipinski definition) is 1. The molecule has 2 aliphatic rings. The van der Waals surface area contributed by atoms with Crippen LogP contribution in [0.4, 0.5) is 0 Å². The van der Waals surface area contributed by atoms with E-state index in [4.69, 9.17) is 0 Å². The fraction of sp³-hybridized carbons (Fsp3) is 0.769. The van der Waals surface area contributed by atoms with E-state index >= 15 is 0 Å². The van der Waals surface area contributed by atoms with Crippen molar-refractivity contribution in [1.29, 1.82) is 0 Å². The van der Waals surface area contributed by atoms with Crippen LogP contribution < -0.4 is 5.32 Å². The summed E-state index contributed by atoms with van der Waals surface area (Å²) in [6, 6.07) is 0.516. The number of nitrogens with one attached hydrogen (secondary N) is 1. The van der Waals surface area contributed by atoms with Gasteiger partial charge in [0.2, 0.25) is 0 Å². The maximum Gasteiger partial charge on any atom is 0.0950 e. The van der Waals surface area contributed by atoms with Gasteiger partial charge in [0.1, 0.15) is 0 Å². The predicted octanol–water partition coefficient (Wildman–Crippen LogP) is 1.43. The predicted molar refractivity (Wildman–Crippen MR) is 73.2 cm³/mol. The van der Waals surface area contributed by atoms with E-state index in [1.165, 1.54) is 18.5 Å². The number of imidazole rings is 1. The van der Waals surface area contributed by atoms with Crippen molar-refractivity contribution in [2.45, 2.75) is 37.6 Å². The van der Waals surface area contributed by atoms with Gasteiger partial charge in [-0.3, -0.25) is 4.21 Å². The van der Waals surface area contributed by atoms with Gasteiger partial charge in [-0.05, 0) is 32.2 Å². The molecule has 1 unspecified atom stereocenters. The molecule has 2 aliphatic heterocycles. The molecule has 18 heavy (non-hydrogen) atoms. The van der Waals surface area contributed by atoms with E-state index in [0.29, 0.717) is 12.0 Å². The van der Waals surface area contributed by atoms with E-state index in [1.807, 2.05) is 12.5 Å². The second-order valence-electron chi connectivity index (χ2n) is 5.35. The summed E-state index contributed by atoms with van der Waals surface area (Å²) in [5, 5.41) is 3.47. The van der Waals surface area contributed by atoms with Gasteiger partial charge in [-0.2, -0.15) is 0 Å². The molecular formula is C13H21N3OS. The van der Waals surface area contributed by atoms with Gasteiger partial charge >= 0.3 is 0 Å². The van der Waals surface area contributed by atoms with Crippen LogP contribution in [0.1, 0.15) is 43.3 Å². The van der Waals surface area contributed by atoms with Crippen LogP contribution in [-0.2, 0) is 10.8 Å². The summed E-state index contributed by atoms with van der Waals surface area (Å²) in [6.07, 6.45) is 8.60.